The highest BCUT2D eigenvalue weighted by atomic mass is 16.6. The predicted octanol–water partition coefficient (Wildman–Crippen LogP) is 3.65. The summed E-state index contributed by atoms with van der Waals surface area (Å²) in [6.45, 7) is 8.12. The van der Waals surface area contributed by atoms with Crippen LogP contribution in [0.25, 0.3) is 0 Å². The van der Waals surface area contributed by atoms with Crippen molar-refractivity contribution < 1.29 is 24.4 Å². The van der Waals surface area contributed by atoms with Gasteiger partial charge in [-0.3, -0.25) is 10.1 Å². The second kappa shape index (κ2) is 9.75. The minimum atomic E-state index is -1.23. The minimum Gasteiger partial charge on any atom is -0.478 e. The fourth-order valence-electron chi connectivity index (χ4n) is 2.39. The number of hydrogen-bond acceptors (Lipinski definition) is 6. The van der Waals surface area contributed by atoms with Crippen LogP contribution in [0.4, 0.5) is 16.2 Å². The van der Waals surface area contributed by atoms with Gasteiger partial charge in [0.2, 0.25) is 0 Å². The van der Waals surface area contributed by atoms with Crippen LogP contribution in [0, 0.1) is 16.0 Å². The van der Waals surface area contributed by atoms with E-state index in [4.69, 9.17) is 4.74 Å². The topological polar surface area (TPSA) is 131 Å². The molecule has 9 heteroatoms. The lowest BCUT2D eigenvalue weighted by Crippen LogP contribution is -2.33. The van der Waals surface area contributed by atoms with E-state index in [1.165, 1.54) is 18.2 Å². The summed E-state index contributed by atoms with van der Waals surface area (Å²) in [5.41, 5.74) is -0.946. The van der Waals surface area contributed by atoms with Gasteiger partial charge in [-0.25, -0.2) is 9.59 Å². The van der Waals surface area contributed by atoms with Crippen LogP contribution in [-0.4, -0.2) is 40.8 Å². The van der Waals surface area contributed by atoms with Gasteiger partial charge in [-0.1, -0.05) is 13.0 Å². The number of carbonyl (C=O) groups is 2. The van der Waals surface area contributed by atoms with Gasteiger partial charge in [-0.05, 0) is 45.6 Å². The summed E-state index contributed by atoms with van der Waals surface area (Å²) < 4.78 is 5.14. The van der Waals surface area contributed by atoms with E-state index in [0.29, 0.717) is 19.5 Å². The van der Waals surface area contributed by atoms with Crippen LogP contribution in [0.15, 0.2) is 18.2 Å². The summed E-state index contributed by atoms with van der Waals surface area (Å²) >= 11 is 0. The fraction of sp³-hybridized carbons (Fsp3) is 0.556. The first kappa shape index (κ1) is 22.2. The van der Waals surface area contributed by atoms with Gasteiger partial charge in [0.05, 0.1) is 10.5 Å². The van der Waals surface area contributed by atoms with E-state index in [2.05, 4.69) is 10.6 Å². The molecular formula is C18H27N3O6. The van der Waals surface area contributed by atoms with E-state index < -0.39 is 22.6 Å². The van der Waals surface area contributed by atoms with Crippen LogP contribution in [0.3, 0.4) is 0 Å². The number of hydrogen-bond donors (Lipinski definition) is 3. The first-order valence-corrected chi connectivity index (χ1v) is 8.72. The van der Waals surface area contributed by atoms with Crippen molar-refractivity contribution in [2.24, 2.45) is 5.92 Å². The Morgan fingerprint density at radius 2 is 2.00 bits per heavy atom. The lowest BCUT2D eigenvalue weighted by atomic mass is 10.0. The molecule has 0 heterocycles. The monoisotopic (exact) mass is 381 g/mol. The van der Waals surface area contributed by atoms with E-state index in [-0.39, 0.29) is 22.9 Å². The third kappa shape index (κ3) is 7.93. The lowest BCUT2D eigenvalue weighted by molar-refractivity contribution is -0.384. The molecule has 0 aliphatic rings. The Kier molecular flexibility index (Phi) is 8.01. The van der Waals surface area contributed by atoms with Crippen LogP contribution in [0.1, 0.15) is 50.9 Å². The first-order valence-electron chi connectivity index (χ1n) is 8.72. The fourth-order valence-corrected chi connectivity index (χ4v) is 2.39. The van der Waals surface area contributed by atoms with Gasteiger partial charge in [-0.15, -0.1) is 0 Å². The zero-order valence-electron chi connectivity index (χ0n) is 16.1. The molecular weight excluding hydrogens is 354 g/mol. The Balaban J connectivity index is 2.51. The molecule has 0 bridgehead atoms. The molecule has 0 aliphatic carbocycles. The molecule has 0 saturated heterocycles. The van der Waals surface area contributed by atoms with Crippen LogP contribution in [0.2, 0.25) is 0 Å². The smallest absolute Gasteiger partial charge is 0.407 e. The zero-order valence-corrected chi connectivity index (χ0v) is 16.1. The maximum absolute atomic E-state index is 11.6. The van der Waals surface area contributed by atoms with Crippen molar-refractivity contribution >= 4 is 23.4 Å². The van der Waals surface area contributed by atoms with Crippen molar-refractivity contribution in [1.29, 1.82) is 0 Å². The van der Waals surface area contributed by atoms with Crippen LogP contribution < -0.4 is 10.6 Å². The van der Waals surface area contributed by atoms with E-state index in [1.54, 1.807) is 20.8 Å². The number of carboxylic acids is 1. The number of nitrogens with zero attached hydrogens (tertiary/aromatic N) is 1. The average molecular weight is 381 g/mol. The van der Waals surface area contributed by atoms with Gasteiger partial charge < -0.3 is 20.5 Å². The molecule has 1 aromatic carbocycles. The number of para-hydroxylation sites is 1. The molecule has 27 heavy (non-hydrogen) atoms. The molecule has 0 saturated carbocycles. The molecule has 0 spiro atoms. The van der Waals surface area contributed by atoms with Gasteiger partial charge in [0.1, 0.15) is 11.3 Å². The molecule has 9 nitrogen and oxygen atoms in total. The highest BCUT2D eigenvalue weighted by Crippen LogP contribution is 2.28. The second-order valence-electron chi connectivity index (χ2n) is 7.32. The number of rotatable bonds is 9. The molecule has 150 valence electrons. The number of aromatic carboxylic acids is 1. The van der Waals surface area contributed by atoms with Crippen LogP contribution in [0.5, 0.6) is 0 Å². The van der Waals surface area contributed by atoms with Gasteiger partial charge in [0.15, 0.2) is 0 Å². The Labute approximate surface area is 158 Å². The maximum atomic E-state index is 11.6. The summed E-state index contributed by atoms with van der Waals surface area (Å²) in [4.78, 5) is 33.4. The van der Waals surface area contributed by atoms with E-state index in [9.17, 15) is 24.8 Å². The SMILES string of the molecule is CC(CCCNC(=O)OC(C)(C)C)CNc1c(C(=O)O)cccc1[N+](=O)[O-]. The summed E-state index contributed by atoms with van der Waals surface area (Å²) in [5.74, 6) is -1.11. The molecule has 3 N–H and O–H groups in total. The number of ether oxygens (including phenoxy) is 1. The summed E-state index contributed by atoms with van der Waals surface area (Å²) in [7, 11) is 0. The Bertz CT molecular complexity index is 652. The summed E-state index contributed by atoms with van der Waals surface area (Å²) in [6.07, 6.45) is 0.968. The maximum Gasteiger partial charge on any atom is 0.407 e. The number of alkyl carbamates (subject to hydrolysis) is 1. The number of amides is 1. The zero-order chi connectivity index (χ0) is 20.6. The highest BCUT2D eigenvalue weighted by Gasteiger charge is 2.21. The largest absolute Gasteiger partial charge is 0.478 e. The molecule has 1 unspecified atom stereocenters. The van der Waals surface area contributed by atoms with Gasteiger partial charge >= 0.3 is 12.1 Å². The van der Waals surface area contributed by atoms with Gasteiger partial charge in [-0.2, -0.15) is 0 Å². The highest BCUT2D eigenvalue weighted by molar-refractivity contribution is 5.96. The second-order valence-corrected chi connectivity index (χ2v) is 7.32. The lowest BCUT2D eigenvalue weighted by Gasteiger charge is -2.20. The third-order valence-corrected chi connectivity index (χ3v) is 3.64. The van der Waals surface area contributed by atoms with E-state index >= 15 is 0 Å². The summed E-state index contributed by atoms with van der Waals surface area (Å²) in [6, 6.07) is 3.94. The number of carboxylic acid groups (broad SMARTS) is 1. The molecule has 1 amide bonds. The van der Waals surface area contributed by atoms with Crippen molar-refractivity contribution in [2.75, 3.05) is 18.4 Å². The molecule has 0 fully saturated rings. The standard InChI is InChI=1S/C18H27N3O6/c1-12(7-6-10-19-17(24)27-18(2,3)4)11-20-15-13(16(22)23)8-5-9-14(15)21(25)26/h5,8-9,12,20H,6-7,10-11H2,1-4H3,(H,19,24)(H,22,23). The Hall–Kier alpha value is -2.84. The molecule has 1 atom stereocenters. The summed E-state index contributed by atoms with van der Waals surface area (Å²) in [5, 5.41) is 25.9. The van der Waals surface area contributed by atoms with Gasteiger partial charge in [0.25, 0.3) is 5.69 Å². The number of anilines is 1. The molecule has 1 rings (SSSR count). The molecule has 0 radical (unpaired) electrons. The van der Waals surface area contributed by atoms with Crippen molar-refractivity contribution in [3.63, 3.8) is 0 Å². The normalized spacial score (nSPS) is 12.1. The number of nitro groups is 1. The number of nitrogens with one attached hydrogen (secondary N) is 2. The van der Waals surface area contributed by atoms with E-state index in [1.807, 2.05) is 6.92 Å². The van der Waals surface area contributed by atoms with Crippen molar-refractivity contribution in [1.82, 2.24) is 5.32 Å². The van der Waals surface area contributed by atoms with Crippen molar-refractivity contribution in [3.8, 4) is 0 Å². The third-order valence-electron chi connectivity index (χ3n) is 3.64. The quantitative estimate of drug-likeness (QED) is 0.338. The number of benzene rings is 1. The molecule has 0 aromatic heterocycles. The minimum absolute atomic E-state index is 0.00808. The Morgan fingerprint density at radius 3 is 2.56 bits per heavy atom. The number of carbonyl (C=O) groups excluding carboxylic acids is 1. The van der Waals surface area contributed by atoms with Crippen LogP contribution in [-0.2, 0) is 4.74 Å². The van der Waals surface area contributed by atoms with Crippen molar-refractivity contribution in [2.45, 2.75) is 46.1 Å². The molecule has 0 aliphatic heterocycles. The van der Waals surface area contributed by atoms with E-state index in [0.717, 1.165) is 6.42 Å². The predicted molar refractivity (Wildman–Crippen MR) is 101 cm³/mol. The average Bonchev–Trinajstić information content (AvgIpc) is 2.54. The first-order chi connectivity index (χ1) is 12.5. The van der Waals surface area contributed by atoms with Crippen LogP contribution >= 0.6 is 0 Å². The van der Waals surface area contributed by atoms with Gasteiger partial charge in [0, 0.05) is 19.2 Å². The number of nitro benzene ring substituents is 1. The van der Waals surface area contributed by atoms with Crippen molar-refractivity contribution in [3.05, 3.63) is 33.9 Å². The Morgan fingerprint density at radius 1 is 1.33 bits per heavy atom. The molecule has 1 aromatic rings.